The number of imide groups is 1. The van der Waals surface area contributed by atoms with E-state index in [1.165, 1.54) is 17.4 Å². The molecule has 0 aromatic carbocycles. The normalized spacial score (nSPS) is 27.8. The molecule has 102 valence electrons. The highest BCUT2D eigenvalue weighted by Crippen LogP contribution is 2.36. The van der Waals surface area contributed by atoms with E-state index in [-0.39, 0.29) is 17.2 Å². The highest BCUT2D eigenvalue weighted by molar-refractivity contribution is 6.04. The van der Waals surface area contributed by atoms with Gasteiger partial charge in [-0.1, -0.05) is 0 Å². The van der Waals surface area contributed by atoms with Crippen molar-refractivity contribution >= 4 is 11.8 Å². The van der Waals surface area contributed by atoms with Crippen LogP contribution in [0, 0.1) is 5.41 Å². The number of rotatable bonds is 1. The molecule has 1 spiro atoms. The predicted molar refractivity (Wildman–Crippen MR) is 68.5 cm³/mol. The van der Waals surface area contributed by atoms with Crippen LogP contribution in [0.4, 0.5) is 0 Å². The Bertz CT molecular complexity index is 475. The average Bonchev–Trinajstić information content (AvgIpc) is 2.96. The van der Waals surface area contributed by atoms with E-state index in [0.717, 1.165) is 32.4 Å². The maximum Gasteiger partial charge on any atom is 0.263 e. The quantitative estimate of drug-likeness (QED) is 0.777. The number of hydrogen-bond acceptors (Lipinski definition) is 4. The van der Waals surface area contributed by atoms with Crippen molar-refractivity contribution in [3.05, 3.63) is 24.2 Å². The molecule has 1 atom stereocenters. The van der Waals surface area contributed by atoms with Gasteiger partial charge < -0.3 is 9.73 Å². The first-order chi connectivity index (χ1) is 9.20. The fourth-order valence-electron chi connectivity index (χ4n) is 3.12. The van der Waals surface area contributed by atoms with Crippen LogP contribution in [0.2, 0.25) is 0 Å². The summed E-state index contributed by atoms with van der Waals surface area (Å²) in [7, 11) is 0. The van der Waals surface area contributed by atoms with Gasteiger partial charge in [0.2, 0.25) is 5.91 Å². The minimum absolute atomic E-state index is 0.0672. The lowest BCUT2D eigenvalue weighted by atomic mass is 9.74. The van der Waals surface area contributed by atoms with Crippen LogP contribution >= 0.6 is 0 Å². The molecule has 2 fully saturated rings. The summed E-state index contributed by atoms with van der Waals surface area (Å²) in [6, 6.07) is 1.61. The van der Waals surface area contributed by atoms with Crippen molar-refractivity contribution in [3.8, 4) is 0 Å². The van der Waals surface area contributed by atoms with Gasteiger partial charge in [-0.05, 0) is 31.9 Å². The molecule has 0 radical (unpaired) electrons. The zero-order valence-corrected chi connectivity index (χ0v) is 10.9. The molecule has 1 unspecified atom stereocenters. The third kappa shape index (κ3) is 2.30. The largest absolute Gasteiger partial charge is 0.472 e. The molecule has 2 saturated heterocycles. The van der Waals surface area contributed by atoms with Crippen LogP contribution in [0.15, 0.2) is 23.0 Å². The molecule has 5 nitrogen and oxygen atoms in total. The van der Waals surface area contributed by atoms with Crippen LogP contribution in [-0.2, 0) is 4.79 Å². The van der Waals surface area contributed by atoms with Crippen LogP contribution in [0.5, 0.6) is 0 Å². The van der Waals surface area contributed by atoms with Crippen LogP contribution in [0.25, 0.3) is 0 Å². The van der Waals surface area contributed by atoms with E-state index in [1.54, 1.807) is 6.07 Å². The van der Waals surface area contributed by atoms with E-state index in [9.17, 15) is 9.59 Å². The van der Waals surface area contributed by atoms with Gasteiger partial charge in [-0.15, -0.1) is 0 Å². The molecule has 2 amide bonds. The monoisotopic (exact) mass is 262 g/mol. The average molecular weight is 262 g/mol. The summed E-state index contributed by atoms with van der Waals surface area (Å²) in [6.07, 6.45) is 6.40. The Balaban J connectivity index is 1.79. The molecule has 0 bridgehead atoms. The highest BCUT2D eigenvalue weighted by Gasteiger charge is 2.41. The van der Waals surface area contributed by atoms with Gasteiger partial charge in [-0.3, -0.25) is 14.5 Å². The van der Waals surface area contributed by atoms with Crippen molar-refractivity contribution in [3.63, 3.8) is 0 Å². The van der Waals surface area contributed by atoms with Crippen LogP contribution in [-0.4, -0.2) is 36.3 Å². The first kappa shape index (κ1) is 12.4. The summed E-state index contributed by atoms with van der Waals surface area (Å²) in [6.45, 7) is 2.46. The third-order valence-corrected chi connectivity index (χ3v) is 4.24. The fourth-order valence-corrected chi connectivity index (χ4v) is 3.12. The fraction of sp³-hybridized carbons (Fsp3) is 0.571. The first-order valence-electron chi connectivity index (χ1n) is 6.78. The smallest absolute Gasteiger partial charge is 0.263 e. The van der Waals surface area contributed by atoms with E-state index in [1.807, 2.05) is 0 Å². The number of piperidine rings is 2. The second kappa shape index (κ2) is 4.81. The van der Waals surface area contributed by atoms with Gasteiger partial charge >= 0.3 is 0 Å². The van der Waals surface area contributed by atoms with E-state index >= 15 is 0 Å². The molecule has 2 aliphatic rings. The third-order valence-electron chi connectivity index (χ3n) is 4.24. The minimum Gasteiger partial charge on any atom is -0.472 e. The van der Waals surface area contributed by atoms with Gasteiger partial charge in [-0.25, -0.2) is 0 Å². The Labute approximate surface area is 111 Å². The van der Waals surface area contributed by atoms with E-state index in [2.05, 4.69) is 5.32 Å². The van der Waals surface area contributed by atoms with Crippen molar-refractivity contribution in [2.24, 2.45) is 5.41 Å². The lowest BCUT2D eigenvalue weighted by Gasteiger charge is -2.44. The standard InChI is InChI=1S/C14H18N2O3/c17-12-2-5-14(4-1-6-15-9-14)10-16(12)13(18)11-3-7-19-8-11/h3,7-8,15H,1-2,4-6,9-10H2. The lowest BCUT2D eigenvalue weighted by molar-refractivity contribution is -0.134. The molecule has 3 rings (SSSR count). The number of furan rings is 1. The number of nitrogens with zero attached hydrogens (tertiary/aromatic N) is 1. The first-order valence-corrected chi connectivity index (χ1v) is 6.78. The predicted octanol–water partition coefficient (Wildman–Crippen LogP) is 1.41. The zero-order valence-electron chi connectivity index (χ0n) is 10.9. The Kier molecular flexibility index (Phi) is 3.14. The summed E-state index contributed by atoms with van der Waals surface area (Å²) >= 11 is 0. The van der Waals surface area contributed by atoms with Crippen LogP contribution in [0.1, 0.15) is 36.0 Å². The van der Waals surface area contributed by atoms with Crippen molar-refractivity contribution in [1.29, 1.82) is 0 Å². The lowest BCUT2D eigenvalue weighted by Crippen LogP contribution is -2.54. The number of carbonyl (C=O) groups is 2. The van der Waals surface area contributed by atoms with Crippen LogP contribution < -0.4 is 5.32 Å². The molecule has 1 aromatic heterocycles. The highest BCUT2D eigenvalue weighted by atomic mass is 16.3. The van der Waals surface area contributed by atoms with Crippen molar-refractivity contribution < 1.29 is 14.0 Å². The molecule has 19 heavy (non-hydrogen) atoms. The van der Waals surface area contributed by atoms with Gasteiger partial charge in [0.1, 0.15) is 6.26 Å². The zero-order chi connectivity index (χ0) is 13.3. The molecule has 0 saturated carbocycles. The van der Waals surface area contributed by atoms with Gasteiger partial charge in [0, 0.05) is 24.9 Å². The maximum atomic E-state index is 12.3. The molecule has 5 heteroatoms. The van der Waals surface area contributed by atoms with Gasteiger partial charge in [0.25, 0.3) is 5.91 Å². The molecule has 2 aliphatic heterocycles. The SMILES string of the molecule is O=C1CCC2(CCCNC2)CN1C(=O)c1ccoc1. The molecule has 1 aromatic rings. The Morgan fingerprint density at radius 3 is 3.00 bits per heavy atom. The van der Waals surface area contributed by atoms with Gasteiger partial charge in [0.05, 0.1) is 11.8 Å². The van der Waals surface area contributed by atoms with E-state index in [4.69, 9.17) is 4.42 Å². The molecule has 0 aliphatic carbocycles. The number of amides is 2. The van der Waals surface area contributed by atoms with E-state index < -0.39 is 0 Å². The number of likely N-dealkylation sites (tertiary alicyclic amines) is 1. The number of nitrogens with one attached hydrogen (secondary N) is 1. The summed E-state index contributed by atoms with van der Waals surface area (Å²) in [5, 5.41) is 3.39. The Hall–Kier alpha value is -1.62. The maximum absolute atomic E-state index is 12.3. The van der Waals surface area contributed by atoms with Crippen molar-refractivity contribution in [2.75, 3.05) is 19.6 Å². The summed E-state index contributed by atoms with van der Waals surface area (Å²) in [4.78, 5) is 25.7. The number of carbonyl (C=O) groups excluding carboxylic acids is 2. The molecular weight excluding hydrogens is 244 g/mol. The molecule has 3 heterocycles. The van der Waals surface area contributed by atoms with Crippen molar-refractivity contribution in [1.82, 2.24) is 10.2 Å². The second-order valence-electron chi connectivity index (χ2n) is 5.58. The number of hydrogen-bond donors (Lipinski definition) is 1. The van der Waals surface area contributed by atoms with Gasteiger partial charge in [0.15, 0.2) is 0 Å². The summed E-state index contributed by atoms with van der Waals surface area (Å²) in [5.74, 6) is -0.300. The second-order valence-corrected chi connectivity index (χ2v) is 5.58. The summed E-state index contributed by atoms with van der Waals surface area (Å²) in [5.41, 5.74) is 0.528. The Morgan fingerprint density at radius 2 is 2.32 bits per heavy atom. The summed E-state index contributed by atoms with van der Waals surface area (Å²) < 4.78 is 4.93. The van der Waals surface area contributed by atoms with Crippen molar-refractivity contribution in [2.45, 2.75) is 25.7 Å². The van der Waals surface area contributed by atoms with Gasteiger partial charge in [-0.2, -0.15) is 0 Å². The van der Waals surface area contributed by atoms with E-state index in [0.29, 0.717) is 18.5 Å². The molecular formula is C14H18N2O3. The Morgan fingerprint density at radius 1 is 1.42 bits per heavy atom. The topological polar surface area (TPSA) is 62.6 Å². The van der Waals surface area contributed by atoms with Crippen LogP contribution in [0.3, 0.4) is 0 Å². The molecule has 1 N–H and O–H groups in total. The minimum atomic E-state index is -0.233.